The summed E-state index contributed by atoms with van der Waals surface area (Å²) in [6.45, 7) is 0. The summed E-state index contributed by atoms with van der Waals surface area (Å²) in [6.07, 6.45) is 5.65. The summed E-state index contributed by atoms with van der Waals surface area (Å²) in [5.74, 6) is -0.648. The second-order valence-electron chi connectivity index (χ2n) is 8.32. The maximum Gasteiger partial charge on any atom is 0.303 e. The Morgan fingerprint density at radius 3 is 2.64 bits per heavy atom. The molecule has 4 N–H and O–H groups in total. The average Bonchev–Trinajstić information content (AvgIpc) is 3.10. The molecule has 28 heavy (non-hydrogen) atoms. The minimum atomic E-state index is -0.852. The molecule has 0 spiro atoms. The quantitative estimate of drug-likeness (QED) is 0.344. The third-order valence-electron chi connectivity index (χ3n) is 6.36. The van der Waals surface area contributed by atoms with Crippen LogP contribution in [0.25, 0.3) is 0 Å². The highest BCUT2D eigenvalue weighted by Crippen LogP contribution is 2.66. The van der Waals surface area contributed by atoms with Crippen molar-refractivity contribution in [2.24, 2.45) is 22.7 Å². The molecule has 6 nitrogen and oxygen atoms in total. The van der Waals surface area contributed by atoms with E-state index in [0.717, 1.165) is 31.4 Å². The van der Waals surface area contributed by atoms with Crippen molar-refractivity contribution in [3.63, 3.8) is 0 Å². The Hall–Kier alpha value is -1.76. The molecule has 0 radical (unpaired) electrons. The van der Waals surface area contributed by atoms with Gasteiger partial charge in [-0.15, -0.1) is 0 Å². The fourth-order valence-electron chi connectivity index (χ4n) is 4.96. The first-order valence-electron chi connectivity index (χ1n) is 10.3. The van der Waals surface area contributed by atoms with Gasteiger partial charge in [0.25, 0.3) is 0 Å². The summed E-state index contributed by atoms with van der Waals surface area (Å²) in [6, 6.07) is 9.42. The third kappa shape index (κ3) is 4.99. The van der Waals surface area contributed by atoms with Crippen LogP contribution >= 0.6 is 0 Å². The molecular formula is C22H31NO5. The fraction of sp³-hybridized carbons (Fsp3) is 0.636. The summed E-state index contributed by atoms with van der Waals surface area (Å²) >= 11 is 0. The highest BCUT2D eigenvalue weighted by molar-refractivity contribution is 5.67. The Balaban J connectivity index is 1.44. The minimum absolute atomic E-state index is 0.00475. The molecular weight excluding hydrogens is 358 g/mol. The summed E-state index contributed by atoms with van der Waals surface area (Å²) in [5, 5.41) is 40.1. The molecule has 3 rings (SSSR count). The molecule has 0 saturated heterocycles. The number of hydrogen-bond acceptors (Lipinski definition) is 5. The molecule has 6 heteroatoms. The van der Waals surface area contributed by atoms with Gasteiger partial charge in [0, 0.05) is 19.1 Å². The molecule has 2 aliphatic carbocycles. The third-order valence-corrected chi connectivity index (χ3v) is 6.36. The van der Waals surface area contributed by atoms with Gasteiger partial charge in [0.15, 0.2) is 0 Å². The Bertz CT molecular complexity index is 679. The molecule has 0 aromatic heterocycles. The van der Waals surface area contributed by atoms with Crippen LogP contribution in [0.5, 0.6) is 0 Å². The number of aliphatic imine (C=N–C) groups is 1. The van der Waals surface area contributed by atoms with Gasteiger partial charge in [-0.3, -0.25) is 9.79 Å². The fourth-order valence-corrected chi connectivity index (χ4v) is 4.96. The van der Waals surface area contributed by atoms with Gasteiger partial charge in [-0.2, -0.15) is 0 Å². The number of rotatable bonds is 11. The van der Waals surface area contributed by atoms with Gasteiger partial charge in [0.1, 0.15) is 0 Å². The number of unbranched alkanes of at least 4 members (excludes halogenated alkanes) is 3. The normalized spacial score (nSPS) is 32.4. The average molecular weight is 389 g/mol. The van der Waals surface area contributed by atoms with Gasteiger partial charge in [0.05, 0.1) is 23.5 Å². The number of carboxylic acids is 1. The second kappa shape index (κ2) is 9.16. The molecule has 3 unspecified atom stereocenters. The predicted octanol–water partition coefficient (Wildman–Crippen LogP) is 2.92. The molecule has 0 aliphatic heterocycles. The van der Waals surface area contributed by atoms with Crippen LogP contribution in [0.15, 0.2) is 35.3 Å². The van der Waals surface area contributed by atoms with E-state index in [2.05, 4.69) is 4.99 Å². The maximum atomic E-state index is 10.8. The van der Waals surface area contributed by atoms with Gasteiger partial charge < -0.3 is 20.4 Å². The second-order valence-corrected chi connectivity index (χ2v) is 8.32. The molecule has 2 fully saturated rings. The van der Waals surface area contributed by atoms with Crippen LogP contribution in [0.3, 0.4) is 0 Å². The number of fused-ring (bicyclic) bond motifs is 1. The first-order chi connectivity index (χ1) is 13.4. The van der Waals surface area contributed by atoms with Gasteiger partial charge in [-0.1, -0.05) is 37.5 Å². The largest absolute Gasteiger partial charge is 0.481 e. The van der Waals surface area contributed by atoms with E-state index >= 15 is 0 Å². The van der Waals surface area contributed by atoms with Crippen LogP contribution in [0, 0.1) is 17.8 Å². The molecule has 1 aromatic carbocycles. The van der Waals surface area contributed by atoms with E-state index in [0.29, 0.717) is 19.3 Å². The molecule has 0 amide bonds. The minimum Gasteiger partial charge on any atom is -0.481 e. The van der Waals surface area contributed by atoms with Crippen LogP contribution in [0.1, 0.15) is 51.4 Å². The van der Waals surface area contributed by atoms with E-state index in [1.807, 2.05) is 30.3 Å². The summed E-state index contributed by atoms with van der Waals surface area (Å²) in [4.78, 5) is 14.8. The lowest BCUT2D eigenvalue weighted by Crippen LogP contribution is -2.24. The molecule has 2 aliphatic rings. The van der Waals surface area contributed by atoms with Crippen LogP contribution in [-0.4, -0.2) is 50.4 Å². The Morgan fingerprint density at radius 1 is 1.21 bits per heavy atom. The zero-order valence-corrected chi connectivity index (χ0v) is 16.2. The predicted molar refractivity (Wildman–Crippen MR) is 107 cm³/mol. The monoisotopic (exact) mass is 389 g/mol. The number of aliphatic hydroxyl groups is 3. The lowest BCUT2D eigenvalue weighted by molar-refractivity contribution is -0.137. The van der Waals surface area contributed by atoms with Crippen LogP contribution in [0.2, 0.25) is 0 Å². The number of carboxylic acid groups (broad SMARTS) is 1. The van der Waals surface area contributed by atoms with Crippen molar-refractivity contribution < 1.29 is 25.2 Å². The van der Waals surface area contributed by atoms with Crippen molar-refractivity contribution in [1.29, 1.82) is 0 Å². The van der Waals surface area contributed by atoms with Crippen LogP contribution < -0.4 is 0 Å². The highest BCUT2D eigenvalue weighted by Gasteiger charge is 2.71. The van der Waals surface area contributed by atoms with Gasteiger partial charge in [-0.05, 0) is 49.1 Å². The van der Waals surface area contributed by atoms with Gasteiger partial charge in [0.2, 0.25) is 0 Å². The van der Waals surface area contributed by atoms with Crippen LogP contribution in [0.4, 0.5) is 5.69 Å². The zero-order chi connectivity index (χ0) is 20.1. The van der Waals surface area contributed by atoms with E-state index < -0.39 is 23.8 Å². The summed E-state index contributed by atoms with van der Waals surface area (Å²) in [7, 11) is 0. The number of carbonyl (C=O) groups is 1. The number of hydrogen-bond donors (Lipinski definition) is 4. The van der Waals surface area contributed by atoms with E-state index in [-0.39, 0.29) is 24.2 Å². The highest BCUT2D eigenvalue weighted by atomic mass is 16.4. The summed E-state index contributed by atoms with van der Waals surface area (Å²) < 4.78 is 0. The van der Waals surface area contributed by atoms with E-state index in [1.54, 1.807) is 0 Å². The maximum absolute atomic E-state index is 10.8. The van der Waals surface area contributed by atoms with Crippen molar-refractivity contribution >= 4 is 17.9 Å². The van der Waals surface area contributed by atoms with E-state index in [9.17, 15) is 20.1 Å². The molecule has 6 atom stereocenters. The van der Waals surface area contributed by atoms with E-state index in [1.165, 1.54) is 6.21 Å². The van der Waals surface area contributed by atoms with E-state index in [4.69, 9.17) is 5.11 Å². The molecule has 0 bridgehead atoms. The Labute approximate surface area is 165 Å². The Morgan fingerprint density at radius 2 is 1.93 bits per heavy atom. The van der Waals surface area contributed by atoms with Crippen LogP contribution in [-0.2, 0) is 4.79 Å². The number of nitrogens with zero attached hydrogens (tertiary/aromatic N) is 1. The lowest BCUT2D eigenvalue weighted by Gasteiger charge is -2.20. The first kappa shape index (κ1) is 21.0. The zero-order valence-electron chi connectivity index (χ0n) is 16.2. The first-order valence-corrected chi connectivity index (χ1v) is 10.3. The Kier molecular flexibility index (Phi) is 6.86. The van der Waals surface area contributed by atoms with Crippen molar-refractivity contribution in [1.82, 2.24) is 0 Å². The summed E-state index contributed by atoms with van der Waals surface area (Å²) in [5.41, 5.74) is -0.0675. The lowest BCUT2D eigenvalue weighted by atomic mass is 9.90. The van der Waals surface area contributed by atoms with Crippen molar-refractivity contribution in [3.05, 3.63) is 30.3 Å². The number of aliphatic hydroxyl groups excluding tert-OH is 2. The SMILES string of the molecule is O=C(O)CCCCCC[C@@H]1C2C(CC(O)C=Nc3ccccc3)[C@@]2(O)C[C@@H]1O. The topological polar surface area (TPSA) is 110 Å². The number of para-hydroxylation sites is 1. The number of benzene rings is 1. The molecule has 2 saturated carbocycles. The molecule has 1 aromatic rings. The molecule has 0 heterocycles. The van der Waals surface area contributed by atoms with Gasteiger partial charge >= 0.3 is 5.97 Å². The van der Waals surface area contributed by atoms with Crippen molar-refractivity contribution in [2.75, 3.05) is 0 Å². The van der Waals surface area contributed by atoms with Crippen molar-refractivity contribution in [2.45, 2.75) is 69.2 Å². The standard InChI is InChI=1S/C22H31NO5/c24-16(14-23-15-8-4-3-5-9-15)12-18-21-17(19(25)13-22(18,21)28)10-6-1-2-7-11-20(26)27/h3-5,8-9,14,16-19,21,24-25,28H,1-2,6-7,10-13H2,(H,26,27)/t16?,17-,18?,19-,21?,22-/m0/s1. The smallest absolute Gasteiger partial charge is 0.303 e. The number of aliphatic carboxylic acids is 1. The molecule has 154 valence electrons. The van der Waals surface area contributed by atoms with Gasteiger partial charge in [-0.25, -0.2) is 0 Å². The van der Waals surface area contributed by atoms with Crippen molar-refractivity contribution in [3.8, 4) is 0 Å².